The Morgan fingerprint density at radius 2 is 2.10 bits per heavy atom. The molecule has 3 N–H and O–H groups in total. The Labute approximate surface area is 126 Å². The fourth-order valence-corrected chi connectivity index (χ4v) is 6.24. The molecular weight excluding hydrogens is 294 g/mol. The highest BCUT2D eigenvalue weighted by molar-refractivity contribution is 7.91. The molecule has 114 valence electrons. The zero-order valence-electron chi connectivity index (χ0n) is 11.8. The Hall–Kier alpha value is -0.400. The highest BCUT2D eigenvalue weighted by Crippen LogP contribution is 2.44. The summed E-state index contributed by atoms with van der Waals surface area (Å²) in [4.78, 5) is 0. The molecule has 2 aliphatic carbocycles. The van der Waals surface area contributed by atoms with Gasteiger partial charge in [0.05, 0.1) is 11.5 Å². The normalized spacial score (nSPS) is 41.8. The van der Waals surface area contributed by atoms with Crippen LogP contribution < -0.4 is 16.2 Å². The van der Waals surface area contributed by atoms with Crippen molar-refractivity contribution in [2.45, 2.75) is 50.6 Å². The molecule has 1 aliphatic heterocycles. The summed E-state index contributed by atoms with van der Waals surface area (Å²) in [5, 5.41) is 3.97. The van der Waals surface area contributed by atoms with E-state index in [1.54, 1.807) is 0 Å². The number of thiocarbonyl (C=S) groups is 1. The second kappa shape index (κ2) is 5.10. The summed E-state index contributed by atoms with van der Waals surface area (Å²) in [5.41, 5.74) is 5.68. The van der Waals surface area contributed by atoms with E-state index in [-0.39, 0.29) is 11.5 Å². The lowest BCUT2D eigenvalue weighted by Gasteiger charge is -2.28. The van der Waals surface area contributed by atoms with Crippen molar-refractivity contribution >= 4 is 27.2 Å². The molecule has 0 unspecified atom stereocenters. The summed E-state index contributed by atoms with van der Waals surface area (Å²) in [6.45, 7) is 1.92. The molecule has 4 atom stereocenters. The maximum atomic E-state index is 11.5. The smallest absolute Gasteiger partial charge is 0.181 e. The lowest BCUT2D eigenvalue weighted by molar-refractivity contribution is 0.361. The van der Waals surface area contributed by atoms with Crippen molar-refractivity contribution in [2.24, 2.45) is 11.8 Å². The largest absolute Gasteiger partial charge is 0.359 e. The van der Waals surface area contributed by atoms with Crippen molar-refractivity contribution in [1.29, 1.82) is 0 Å². The van der Waals surface area contributed by atoms with Gasteiger partial charge in [-0.2, -0.15) is 0 Å². The topological polar surface area (TPSA) is 70.2 Å². The quantitative estimate of drug-likeness (QED) is 0.526. The van der Waals surface area contributed by atoms with E-state index < -0.39 is 15.4 Å². The van der Waals surface area contributed by atoms with Crippen molar-refractivity contribution < 1.29 is 8.42 Å². The van der Waals surface area contributed by atoms with Crippen LogP contribution >= 0.6 is 12.2 Å². The minimum atomic E-state index is -2.90. The summed E-state index contributed by atoms with van der Waals surface area (Å²) in [6.07, 6.45) is 5.87. The third-order valence-electron chi connectivity index (χ3n) is 5.04. The molecule has 5 nitrogen and oxygen atoms in total. The van der Waals surface area contributed by atoms with Crippen LogP contribution in [0.5, 0.6) is 0 Å². The Morgan fingerprint density at radius 1 is 1.30 bits per heavy atom. The Kier molecular flexibility index (Phi) is 3.71. The zero-order chi connectivity index (χ0) is 14.4. The average molecular weight is 317 g/mol. The number of hydrazine groups is 1. The monoisotopic (exact) mass is 317 g/mol. The molecule has 0 aromatic heterocycles. The molecule has 7 heteroatoms. The molecule has 3 rings (SSSR count). The molecule has 3 fully saturated rings. The van der Waals surface area contributed by atoms with Gasteiger partial charge in [-0.3, -0.25) is 5.43 Å². The molecule has 0 aromatic rings. The Morgan fingerprint density at radius 3 is 2.65 bits per heavy atom. The predicted octanol–water partition coefficient (Wildman–Crippen LogP) is 0.721. The van der Waals surface area contributed by atoms with Crippen LogP contribution in [0.2, 0.25) is 0 Å². The molecular formula is C13H23N3O2S2. The minimum absolute atomic E-state index is 0.170. The van der Waals surface area contributed by atoms with Crippen molar-refractivity contribution in [1.82, 2.24) is 16.2 Å². The number of sulfone groups is 1. The van der Waals surface area contributed by atoms with E-state index in [4.69, 9.17) is 12.2 Å². The van der Waals surface area contributed by atoms with E-state index in [1.165, 1.54) is 25.7 Å². The number of fused-ring (bicyclic) bond motifs is 2. The highest BCUT2D eigenvalue weighted by atomic mass is 32.2. The highest BCUT2D eigenvalue weighted by Gasteiger charge is 2.40. The van der Waals surface area contributed by atoms with Crippen molar-refractivity contribution in [2.75, 3.05) is 11.5 Å². The first-order valence-electron chi connectivity index (χ1n) is 7.39. The van der Waals surface area contributed by atoms with Gasteiger partial charge in [0.2, 0.25) is 0 Å². The summed E-state index contributed by atoms with van der Waals surface area (Å²) in [5.74, 6) is 2.07. The van der Waals surface area contributed by atoms with E-state index in [9.17, 15) is 8.42 Å². The fraction of sp³-hybridized carbons (Fsp3) is 0.923. The van der Waals surface area contributed by atoms with Crippen LogP contribution in [0.1, 0.15) is 39.0 Å². The lowest BCUT2D eigenvalue weighted by atomic mass is 9.96. The number of rotatable bonds is 3. The van der Waals surface area contributed by atoms with Crippen molar-refractivity contribution in [3.05, 3.63) is 0 Å². The van der Waals surface area contributed by atoms with Gasteiger partial charge < -0.3 is 5.32 Å². The molecule has 0 spiro atoms. The van der Waals surface area contributed by atoms with Crippen molar-refractivity contribution in [3.8, 4) is 0 Å². The van der Waals surface area contributed by atoms with Crippen LogP contribution in [0.3, 0.4) is 0 Å². The number of hydrogen-bond donors (Lipinski definition) is 3. The van der Waals surface area contributed by atoms with E-state index in [0.717, 1.165) is 11.8 Å². The Balaban J connectivity index is 1.46. The van der Waals surface area contributed by atoms with E-state index in [2.05, 4.69) is 16.2 Å². The van der Waals surface area contributed by atoms with Gasteiger partial charge in [0.15, 0.2) is 14.9 Å². The fourth-order valence-electron chi connectivity index (χ4n) is 3.94. The second-order valence-electron chi connectivity index (χ2n) is 6.91. The van der Waals surface area contributed by atoms with Crippen LogP contribution in [-0.2, 0) is 9.84 Å². The standard InChI is InChI=1S/C13H23N3O2S2/c1-13(4-5-20(17,18)8-13)16-15-12(19)14-11-7-9-2-3-10(11)6-9/h9-11,16H,2-8H2,1H3,(H2,14,15,19)/t9-,10-,11-,13+/m0/s1. The summed E-state index contributed by atoms with van der Waals surface area (Å²) in [6, 6.07) is 0.496. The summed E-state index contributed by atoms with van der Waals surface area (Å²) >= 11 is 5.31. The van der Waals surface area contributed by atoms with Gasteiger partial charge in [0.1, 0.15) is 0 Å². The van der Waals surface area contributed by atoms with E-state index in [0.29, 0.717) is 17.6 Å². The maximum Gasteiger partial charge on any atom is 0.181 e. The minimum Gasteiger partial charge on any atom is -0.359 e. The van der Waals surface area contributed by atoms with Gasteiger partial charge in [-0.05, 0) is 56.7 Å². The van der Waals surface area contributed by atoms with E-state index in [1.807, 2.05) is 6.92 Å². The van der Waals surface area contributed by atoms with Gasteiger partial charge in [-0.15, -0.1) is 0 Å². The molecule has 20 heavy (non-hydrogen) atoms. The van der Waals surface area contributed by atoms with Crippen LogP contribution in [0.4, 0.5) is 0 Å². The van der Waals surface area contributed by atoms with Crippen LogP contribution in [-0.4, -0.2) is 36.6 Å². The third kappa shape index (κ3) is 3.09. The van der Waals surface area contributed by atoms with Crippen LogP contribution in [0.15, 0.2) is 0 Å². The Bertz CT molecular complexity index is 508. The summed E-state index contributed by atoms with van der Waals surface area (Å²) < 4.78 is 23.1. The molecule has 1 heterocycles. The van der Waals surface area contributed by atoms with Gasteiger partial charge in [0, 0.05) is 11.6 Å². The van der Waals surface area contributed by atoms with Gasteiger partial charge in [-0.25, -0.2) is 13.8 Å². The average Bonchev–Trinajstić information content (AvgIpc) is 3.02. The molecule has 0 amide bonds. The molecule has 2 bridgehead atoms. The molecule has 2 saturated carbocycles. The lowest BCUT2D eigenvalue weighted by Crippen LogP contribution is -2.57. The number of hydrogen-bond acceptors (Lipinski definition) is 4. The first-order chi connectivity index (χ1) is 9.35. The molecule has 3 aliphatic rings. The van der Waals surface area contributed by atoms with Gasteiger partial charge in [-0.1, -0.05) is 6.42 Å². The SMILES string of the molecule is C[C@@]1(NNC(=S)N[C@H]2C[C@H]3CC[C@H]2C3)CCS(=O)(=O)C1. The molecule has 0 aromatic carbocycles. The second-order valence-corrected chi connectivity index (χ2v) is 9.50. The number of nitrogens with one attached hydrogen (secondary N) is 3. The van der Waals surface area contributed by atoms with Crippen LogP contribution in [0.25, 0.3) is 0 Å². The predicted molar refractivity (Wildman–Crippen MR) is 82.9 cm³/mol. The first kappa shape index (κ1) is 14.5. The molecule has 0 radical (unpaired) electrons. The van der Waals surface area contributed by atoms with Gasteiger partial charge >= 0.3 is 0 Å². The first-order valence-corrected chi connectivity index (χ1v) is 9.62. The van der Waals surface area contributed by atoms with Crippen LogP contribution in [0, 0.1) is 11.8 Å². The maximum absolute atomic E-state index is 11.5. The van der Waals surface area contributed by atoms with Gasteiger partial charge in [0.25, 0.3) is 0 Å². The summed E-state index contributed by atoms with van der Waals surface area (Å²) in [7, 11) is -2.90. The van der Waals surface area contributed by atoms with Crippen molar-refractivity contribution in [3.63, 3.8) is 0 Å². The third-order valence-corrected chi connectivity index (χ3v) is 7.16. The molecule has 1 saturated heterocycles. The van der Waals surface area contributed by atoms with E-state index >= 15 is 0 Å². The zero-order valence-corrected chi connectivity index (χ0v) is 13.4.